The maximum Gasteiger partial charge on any atom is 0.301 e. The Kier molecular flexibility index (Phi) is 5.84. The molecule has 1 unspecified atom stereocenters. The number of nitrogens with zero attached hydrogens (tertiary/aromatic N) is 4. The SMILES string of the molecule is COc1ccc(C2/C(=C(\O)c3nc4c(C)cccn4c3C)C(=O)C(=O)N2c2nc3ccc(OC)cc3s2)cc1. The number of Topliss-reactive ketones (excluding diaryl/α,β-unsaturated/α-hetero) is 1. The number of ether oxygens (including phenoxy) is 2. The molecule has 9 nitrogen and oxygen atoms in total. The second-order valence-electron chi connectivity index (χ2n) is 9.20. The zero-order valence-electron chi connectivity index (χ0n) is 21.6. The molecule has 0 saturated carbocycles. The van der Waals surface area contributed by atoms with Crippen LogP contribution in [0, 0.1) is 13.8 Å². The minimum absolute atomic E-state index is 0.0498. The first-order valence-corrected chi connectivity index (χ1v) is 13.0. The predicted molar refractivity (Wildman–Crippen MR) is 149 cm³/mol. The van der Waals surface area contributed by atoms with Gasteiger partial charge in [-0.1, -0.05) is 29.5 Å². The van der Waals surface area contributed by atoms with E-state index in [1.54, 1.807) is 50.6 Å². The molecule has 6 rings (SSSR count). The van der Waals surface area contributed by atoms with E-state index in [0.29, 0.717) is 39.1 Å². The molecule has 0 bridgehead atoms. The van der Waals surface area contributed by atoms with Crippen LogP contribution < -0.4 is 14.4 Å². The summed E-state index contributed by atoms with van der Waals surface area (Å²) in [7, 11) is 3.14. The van der Waals surface area contributed by atoms with Gasteiger partial charge in [0, 0.05) is 6.20 Å². The Morgan fingerprint density at radius 2 is 1.69 bits per heavy atom. The van der Waals surface area contributed by atoms with Crippen molar-refractivity contribution in [1.82, 2.24) is 14.4 Å². The number of anilines is 1. The second kappa shape index (κ2) is 9.25. The van der Waals surface area contributed by atoms with Crippen molar-refractivity contribution in [3.8, 4) is 11.5 Å². The van der Waals surface area contributed by atoms with E-state index >= 15 is 0 Å². The molecule has 0 radical (unpaired) electrons. The molecule has 0 spiro atoms. The molecule has 4 heterocycles. The number of amides is 1. The van der Waals surface area contributed by atoms with Gasteiger partial charge in [-0.15, -0.1) is 0 Å². The first-order valence-electron chi connectivity index (χ1n) is 12.2. The number of pyridine rings is 1. The van der Waals surface area contributed by atoms with Crippen LogP contribution in [-0.4, -0.2) is 45.4 Å². The Bertz CT molecular complexity index is 1820. The fourth-order valence-corrected chi connectivity index (χ4v) is 5.95. The van der Waals surface area contributed by atoms with Crippen molar-refractivity contribution in [1.29, 1.82) is 0 Å². The van der Waals surface area contributed by atoms with E-state index in [1.807, 2.05) is 42.6 Å². The molecule has 1 aliphatic heterocycles. The topological polar surface area (TPSA) is 106 Å². The fraction of sp³-hybridized carbons (Fsp3) is 0.172. The van der Waals surface area contributed by atoms with E-state index < -0.39 is 17.7 Å². The summed E-state index contributed by atoms with van der Waals surface area (Å²) in [6.07, 6.45) is 1.84. The number of benzene rings is 2. The molecule has 39 heavy (non-hydrogen) atoms. The lowest BCUT2D eigenvalue weighted by Crippen LogP contribution is -2.29. The van der Waals surface area contributed by atoms with Gasteiger partial charge in [-0.25, -0.2) is 9.97 Å². The van der Waals surface area contributed by atoms with Gasteiger partial charge in [-0.2, -0.15) is 0 Å². The molecule has 0 aliphatic carbocycles. The molecular weight excluding hydrogens is 516 g/mol. The maximum atomic E-state index is 13.6. The molecule has 1 amide bonds. The number of carbonyl (C=O) groups is 2. The Morgan fingerprint density at radius 3 is 2.38 bits per heavy atom. The van der Waals surface area contributed by atoms with Gasteiger partial charge in [0.05, 0.1) is 41.7 Å². The summed E-state index contributed by atoms with van der Waals surface area (Å²) in [5.74, 6) is -0.641. The zero-order chi connectivity index (χ0) is 27.4. The van der Waals surface area contributed by atoms with Crippen molar-refractivity contribution < 1.29 is 24.2 Å². The number of aromatic nitrogens is 3. The van der Waals surface area contributed by atoms with Gasteiger partial charge in [0.15, 0.2) is 10.9 Å². The molecule has 1 saturated heterocycles. The summed E-state index contributed by atoms with van der Waals surface area (Å²) in [4.78, 5) is 37.9. The molecule has 3 aromatic heterocycles. The van der Waals surface area contributed by atoms with Crippen molar-refractivity contribution in [2.45, 2.75) is 19.9 Å². The normalized spacial score (nSPS) is 16.9. The van der Waals surface area contributed by atoms with E-state index in [9.17, 15) is 14.7 Å². The predicted octanol–water partition coefficient (Wildman–Crippen LogP) is 5.20. The number of imidazole rings is 1. The van der Waals surface area contributed by atoms with Gasteiger partial charge in [0.25, 0.3) is 5.78 Å². The Balaban J connectivity index is 1.58. The fourth-order valence-electron chi connectivity index (χ4n) is 4.93. The number of fused-ring (bicyclic) bond motifs is 2. The lowest BCUT2D eigenvalue weighted by molar-refractivity contribution is -0.132. The summed E-state index contributed by atoms with van der Waals surface area (Å²) in [6.45, 7) is 3.73. The number of aliphatic hydroxyl groups is 1. The molecule has 196 valence electrons. The first-order chi connectivity index (χ1) is 18.8. The molecule has 1 atom stereocenters. The summed E-state index contributed by atoms with van der Waals surface area (Å²) < 4.78 is 13.3. The van der Waals surface area contributed by atoms with Crippen molar-refractivity contribution in [2.24, 2.45) is 0 Å². The van der Waals surface area contributed by atoms with Crippen molar-refractivity contribution >= 4 is 49.8 Å². The van der Waals surface area contributed by atoms with E-state index in [1.165, 1.54) is 16.2 Å². The highest BCUT2D eigenvalue weighted by Gasteiger charge is 2.48. The number of rotatable bonds is 5. The van der Waals surface area contributed by atoms with E-state index in [-0.39, 0.29) is 17.0 Å². The lowest BCUT2D eigenvalue weighted by Gasteiger charge is -2.23. The standard InChI is InChI=1S/C29H24N4O5S/c1-15-6-5-13-32-16(2)23(31-27(15)32)25(34)22-24(17-7-9-18(37-3)10-8-17)33(28(36)26(22)35)29-30-20-12-11-19(38-4)14-21(20)39-29/h5-14,24,34H,1-4H3/b25-22+. The summed E-state index contributed by atoms with van der Waals surface area (Å²) in [5.41, 5.74) is 3.70. The number of aliphatic hydroxyl groups excluding tert-OH is 1. The second-order valence-corrected chi connectivity index (χ2v) is 10.2. The average Bonchev–Trinajstić information content (AvgIpc) is 3.60. The number of hydrogen-bond donors (Lipinski definition) is 1. The Labute approximate surface area is 227 Å². The highest BCUT2D eigenvalue weighted by atomic mass is 32.1. The number of carbonyl (C=O) groups excluding carboxylic acids is 2. The third-order valence-electron chi connectivity index (χ3n) is 6.97. The maximum absolute atomic E-state index is 13.6. The minimum Gasteiger partial charge on any atom is -0.505 e. The van der Waals surface area contributed by atoms with Crippen LogP contribution in [0.25, 0.3) is 21.6 Å². The Morgan fingerprint density at radius 1 is 0.974 bits per heavy atom. The highest BCUT2D eigenvalue weighted by molar-refractivity contribution is 7.22. The number of hydrogen-bond acceptors (Lipinski definition) is 8. The van der Waals surface area contributed by atoms with E-state index in [0.717, 1.165) is 10.3 Å². The van der Waals surface area contributed by atoms with Crippen LogP contribution in [0.1, 0.15) is 28.6 Å². The highest BCUT2D eigenvalue weighted by Crippen LogP contribution is 2.45. The quantitative estimate of drug-likeness (QED) is 0.185. The number of methoxy groups -OCH3 is 2. The largest absolute Gasteiger partial charge is 0.505 e. The third kappa shape index (κ3) is 3.83. The van der Waals surface area contributed by atoms with Crippen LogP contribution in [0.3, 0.4) is 0 Å². The third-order valence-corrected chi connectivity index (χ3v) is 7.99. The van der Waals surface area contributed by atoms with Gasteiger partial charge >= 0.3 is 5.91 Å². The number of thiazole rings is 1. The van der Waals surface area contributed by atoms with Crippen molar-refractivity contribution in [3.63, 3.8) is 0 Å². The first kappa shape index (κ1) is 24.6. The summed E-state index contributed by atoms with van der Waals surface area (Å²) in [6, 6.07) is 15.3. The van der Waals surface area contributed by atoms with Gasteiger partial charge in [0.1, 0.15) is 22.8 Å². The van der Waals surface area contributed by atoms with Gasteiger partial charge in [-0.05, 0) is 61.4 Å². The summed E-state index contributed by atoms with van der Waals surface area (Å²) in [5, 5.41) is 12.0. The van der Waals surface area contributed by atoms with Crippen molar-refractivity contribution in [2.75, 3.05) is 19.1 Å². The van der Waals surface area contributed by atoms with E-state index in [2.05, 4.69) is 9.97 Å². The molecule has 1 N–H and O–H groups in total. The van der Waals surface area contributed by atoms with Crippen LogP contribution in [0.2, 0.25) is 0 Å². The molecular formula is C29H24N4O5S. The number of ketones is 1. The van der Waals surface area contributed by atoms with Crippen molar-refractivity contribution in [3.05, 3.63) is 88.9 Å². The minimum atomic E-state index is -0.927. The Hall–Kier alpha value is -4.70. The van der Waals surface area contributed by atoms with Crippen LogP contribution in [-0.2, 0) is 9.59 Å². The van der Waals surface area contributed by atoms with Crippen LogP contribution >= 0.6 is 11.3 Å². The molecule has 2 aromatic carbocycles. The molecule has 5 aromatic rings. The monoisotopic (exact) mass is 540 g/mol. The number of aryl methyl sites for hydroxylation is 2. The van der Waals surface area contributed by atoms with Gasteiger partial charge < -0.3 is 19.0 Å². The molecule has 10 heteroatoms. The zero-order valence-corrected chi connectivity index (χ0v) is 22.4. The van der Waals surface area contributed by atoms with Crippen LogP contribution in [0.15, 0.2) is 66.4 Å². The molecule has 1 fully saturated rings. The van der Waals surface area contributed by atoms with Gasteiger partial charge in [-0.3, -0.25) is 14.5 Å². The van der Waals surface area contributed by atoms with Crippen LogP contribution in [0.4, 0.5) is 5.13 Å². The van der Waals surface area contributed by atoms with E-state index in [4.69, 9.17) is 9.47 Å². The molecule has 1 aliphatic rings. The summed E-state index contributed by atoms with van der Waals surface area (Å²) >= 11 is 1.27. The van der Waals surface area contributed by atoms with Gasteiger partial charge in [0.2, 0.25) is 0 Å². The smallest absolute Gasteiger partial charge is 0.301 e. The lowest BCUT2D eigenvalue weighted by atomic mass is 9.96. The average molecular weight is 541 g/mol. The van der Waals surface area contributed by atoms with Crippen LogP contribution in [0.5, 0.6) is 11.5 Å².